The highest BCUT2D eigenvalue weighted by atomic mass is 35.5. The van der Waals surface area contributed by atoms with Gasteiger partial charge in [0, 0.05) is 6.20 Å². The zero-order valence-electron chi connectivity index (χ0n) is 11.5. The van der Waals surface area contributed by atoms with Crippen LogP contribution in [0.3, 0.4) is 0 Å². The molecule has 6 heteroatoms. The summed E-state index contributed by atoms with van der Waals surface area (Å²) in [6.45, 7) is 10.5. The van der Waals surface area contributed by atoms with Gasteiger partial charge in [-0.05, 0) is 32.0 Å². The number of aromatic nitrogens is 1. The van der Waals surface area contributed by atoms with E-state index in [1.165, 1.54) is 18.3 Å². The Hall–Kier alpha value is -2.32. The highest BCUT2D eigenvalue weighted by Crippen LogP contribution is 2.31. The number of anilines is 2. The predicted molar refractivity (Wildman–Crippen MR) is 81.0 cm³/mol. The lowest BCUT2D eigenvalue weighted by Gasteiger charge is -2.13. The summed E-state index contributed by atoms with van der Waals surface area (Å²) < 4.78 is 19.5. The fourth-order valence-electron chi connectivity index (χ4n) is 1.65. The second-order valence-electron chi connectivity index (χ2n) is 4.55. The average molecular weight is 306 g/mol. The molecule has 0 fully saturated rings. The topological polar surface area (TPSA) is 38.5 Å². The third-order valence-electron chi connectivity index (χ3n) is 2.56. The van der Waals surface area contributed by atoms with Crippen LogP contribution in [0.25, 0.3) is 4.85 Å². The molecule has 0 saturated heterocycles. The summed E-state index contributed by atoms with van der Waals surface area (Å²) in [6.07, 6.45) is 1.27. The third-order valence-corrected chi connectivity index (χ3v) is 2.87. The van der Waals surface area contributed by atoms with Crippen molar-refractivity contribution in [3.8, 4) is 5.88 Å². The summed E-state index contributed by atoms with van der Waals surface area (Å²) in [5.74, 6) is -0.652. The monoisotopic (exact) mass is 305 g/mol. The third kappa shape index (κ3) is 3.61. The van der Waals surface area contributed by atoms with E-state index in [2.05, 4.69) is 15.1 Å². The van der Waals surface area contributed by atoms with Crippen molar-refractivity contribution in [2.75, 3.05) is 5.32 Å². The molecule has 0 aliphatic rings. The zero-order chi connectivity index (χ0) is 15.4. The fraction of sp³-hybridized carbons (Fsp3) is 0.200. The minimum absolute atomic E-state index is 0.0658. The number of rotatable bonds is 4. The zero-order valence-corrected chi connectivity index (χ0v) is 12.3. The van der Waals surface area contributed by atoms with Gasteiger partial charge in [-0.15, -0.1) is 0 Å². The number of halogens is 2. The highest BCUT2D eigenvalue weighted by molar-refractivity contribution is 6.33. The van der Waals surface area contributed by atoms with Crippen LogP contribution in [-0.2, 0) is 0 Å². The van der Waals surface area contributed by atoms with Gasteiger partial charge in [-0.2, -0.15) is 4.39 Å². The fourth-order valence-corrected chi connectivity index (χ4v) is 1.87. The highest BCUT2D eigenvalue weighted by Gasteiger charge is 2.13. The van der Waals surface area contributed by atoms with Gasteiger partial charge in [0.15, 0.2) is 5.69 Å². The first-order valence-corrected chi connectivity index (χ1v) is 6.64. The van der Waals surface area contributed by atoms with Crippen LogP contribution in [0.2, 0.25) is 5.02 Å². The summed E-state index contributed by atoms with van der Waals surface area (Å²) in [4.78, 5) is 7.14. The second kappa shape index (κ2) is 6.42. The van der Waals surface area contributed by atoms with Gasteiger partial charge in [-0.25, -0.2) is 9.83 Å². The molecule has 0 aliphatic heterocycles. The average Bonchev–Trinajstić information content (AvgIpc) is 2.44. The van der Waals surface area contributed by atoms with Gasteiger partial charge in [0.2, 0.25) is 5.82 Å². The number of nitrogens with one attached hydrogen (secondary N) is 1. The first-order valence-electron chi connectivity index (χ1n) is 6.26. The Morgan fingerprint density at radius 1 is 1.33 bits per heavy atom. The van der Waals surface area contributed by atoms with Crippen LogP contribution in [-0.4, -0.2) is 11.1 Å². The molecule has 1 heterocycles. The number of nitrogens with zero attached hydrogens (tertiary/aromatic N) is 2. The summed E-state index contributed by atoms with van der Waals surface area (Å²) >= 11 is 6.06. The molecule has 0 saturated carbocycles. The van der Waals surface area contributed by atoms with Gasteiger partial charge in [0.1, 0.15) is 0 Å². The first-order chi connectivity index (χ1) is 10.0. The number of ether oxygens (including phenoxy) is 1. The van der Waals surface area contributed by atoms with E-state index in [4.69, 9.17) is 22.9 Å². The van der Waals surface area contributed by atoms with E-state index in [9.17, 15) is 4.39 Å². The molecule has 0 atom stereocenters. The Morgan fingerprint density at radius 2 is 2.10 bits per heavy atom. The Labute approximate surface area is 127 Å². The summed E-state index contributed by atoms with van der Waals surface area (Å²) in [6, 6.07) is 6.23. The summed E-state index contributed by atoms with van der Waals surface area (Å²) in [5, 5.41) is 3.21. The van der Waals surface area contributed by atoms with Crippen LogP contribution in [0.15, 0.2) is 30.5 Å². The minimum Gasteiger partial charge on any atom is -0.473 e. The smallest absolute Gasteiger partial charge is 0.252 e. The SMILES string of the molecule is [C-]#[N+]c1ccc(Nc2ccnc(OC(C)C)c2F)c(Cl)c1. The van der Waals surface area contributed by atoms with Crippen molar-refractivity contribution in [2.24, 2.45) is 0 Å². The van der Waals surface area contributed by atoms with Crippen LogP contribution in [0, 0.1) is 12.4 Å². The summed E-state index contributed by atoms with van der Waals surface area (Å²) in [7, 11) is 0. The van der Waals surface area contributed by atoms with Gasteiger partial charge < -0.3 is 10.1 Å². The van der Waals surface area contributed by atoms with Crippen LogP contribution in [0.5, 0.6) is 5.88 Å². The van der Waals surface area contributed by atoms with Gasteiger partial charge in [0.25, 0.3) is 5.88 Å². The van der Waals surface area contributed by atoms with Gasteiger partial charge in [-0.3, -0.25) is 0 Å². The van der Waals surface area contributed by atoms with E-state index in [1.54, 1.807) is 26.0 Å². The number of pyridine rings is 1. The van der Waals surface area contributed by atoms with Crippen molar-refractivity contribution < 1.29 is 9.13 Å². The summed E-state index contributed by atoms with van der Waals surface area (Å²) in [5.41, 5.74) is 1.13. The van der Waals surface area contributed by atoms with E-state index in [0.29, 0.717) is 16.4 Å². The Morgan fingerprint density at radius 3 is 2.71 bits per heavy atom. The van der Waals surface area contributed by atoms with Gasteiger partial charge in [-0.1, -0.05) is 17.7 Å². The standard InChI is InChI=1S/C15H13ClFN3O/c1-9(2)21-15-14(17)13(6-7-19-15)20-12-5-4-10(18-3)8-11(12)16/h4-9H,1-2H3,(H,19,20). The van der Waals surface area contributed by atoms with Crippen molar-refractivity contribution >= 4 is 28.7 Å². The lowest BCUT2D eigenvalue weighted by Crippen LogP contribution is -2.09. The quantitative estimate of drug-likeness (QED) is 0.812. The van der Waals surface area contributed by atoms with E-state index in [-0.39, 0.29) is 17.7 Å². The molecule has 1 aromatic carbocycles. The van der Waals surface area contributed by atoms with Gasteiger partial charge in [0.05, 0.1) is 29.1 Å². The molecule has 0 spiro atoms. The molecular weight excluding hydrogens is 293 g/mol. The molecule has 0 aliphatic carbocycles. The molecule has 108 valence electrons. The molecule has 21 heavy (non-hydrogen) atoms. The molecule has 2 rings (SSSR count). The Kier molecular flexibility index (Phi) is 4.61. The molecule has 0 unspecified atom stereocenters. The van der Waals surface area contributed by atoms with E-state index in [1.807, 2.05) is 0 Å². The van der Waals surface area contributed by atoms with Crippen LogP contribution >= 0.6 is 11.6 Å². The molecule has 1 N–H and O–H groups in total. The number of hydrogen-bond acceptors (Lipinski definition) is 3. The second-order valence-corrected chi connectivity index (χ2v) is 4.95. The maximum atomic E-state index is 14.3. The Bertz CT molecular complexity index is 698. The molecule has 0 amide bonds. The van der Waals surface area contributed by atoms with Crippen molar-refractivity contribution in [2.45, 2.75) is 20.0 Å². The number of hydrogen-bond donors (Lipinski definition) is 1. The molecular formula is C15H13ClFN3O. The van der Waals surface area contributed by atoms with Crippen molar-refractivity contribution in [1.82, 2.24) is 4.98 Å². The van der Waals surface area contributed by atoms with Crippen LogP contribution < -0.4 is 10.1 Å². The molecule has 1 aromatic heterocycles. The van der Waals surface area contributed by atoms with E-state index >= 15 is 0 Å². The van der Waals surface area contributed by atoms with Gasteiger partial charge >= 0.3 is 0 Å². The first kappa shape index (κ1) is 15.1. The molecule has 0 bridgehead atoms. The van der Waals surface area contributed by atoms with Crippen molar-refractivity contribution in [1.29, 1.82) is 0 Å². The lowest BCUT2D eigenvalue weighted by molar-refractivity contribution is 0.221. The van der Waals surface area contributed by atoms with Crippen LogP contribution in [0.4, 0.5) is 21.5 Å². The maximum Gasteiger partial charge on any atom is 0.252 e. The Balaban J connectivity index is 2.30. The van der Waals surface area contributed by atoms with Crippen LogP contribution in [0.1, 0.15) is 13.8 Å². The molecule has 4 nitrogen and oxygen atoms in total. The molecule has 0 radical (unpaired) electrons. The largest absolute Gasteiger partial charge is 0.473 e. The predicted octanol–water partition coefficient (Wildman–Crippen LogP) is 4.96. The van der Waals surface area contributed by atoms with E-state index < -0.39 is 5.82 Å². The van der Waals surface area contributed by atoms with Crippen molar-refractivity contribution in [3.05, 3.63) is 52.7 Å². The van der Waals surface area contributed by atoms with Crippen molar-refractivity contribution in [3.63, 3.8) is 0 Å². The normalized spacial score (nSPS) is 10.3. The minimum atomic E-state index is -0.587. The number of benzene rings is 1. The molecule has 2 aromatic rings. The van der Waals surface area contributed by atoms with E-state index in [0.717, 1.165) is 0 Å². The maximum absolute atomic E-state index is 14.3. The lowest BCUT2D eigenvalue weighted by atomic mass is 10.2.